The summed E-state index contributed by atoms with van der Waals surface area (Å²) < 4.78 is 5.82. The van der Waals surface area contributed by atoms with Gasteiger partial charge in [0, 0.05) is 31.9 Å². The van der Waals surface area contributed by atoms with Gasteiger partial charge >= 0.3 is 0 Å². The van der Waals surface area contributed by atoms with E-state index in [0.717, 1.165) is 0 Å². The van der Waals surface area contributed by atoms with Gasteiger partial charge in [0.05, 0.1) is 12.3 Å². The van der Waals surface area contributed by atoms with E-state index < -0.39 is 6.10 Å². The van der Waals surface area contributed by atoms with Gasteiger partial charge in [0.1, 0.15) is 23.4 Å². The number of hydrogen-bond donors (Lipinski definition) is 1. The van der Waals surface area contributed by atoms with Crippen LogP contribution in [0.3, 0.4) is 0 Å². The fraction of sp³-hybridized carbons (Fsp3) is 0.412. The number of nitrogens with zero attached hydrogens (tertiary/aromatic N) is 4. The highest BCUT2D eigenvalue weighted by atomic mass is 16.5. The molecule has 2 aromatic heterocycles. The van der Waals surface area contributed by atoms with Crippen molar-refractivity contribution in [3.63, 3.8) is 0 Å². The molecule has 1 N–H and O–H groups in total. The second-order valence-electron chi connectivity index (χ2n) is 5.77. The first-order valence-electron chi connectivity index (χ1n) is 7.97. The molecule has 3 heterocycles. The molecule has 7 nitrogen and oxygen atoms in total. The summed E-state index contributed by atoms with van der Waals surface area (Å²) in [4.78, 5) is 26.5. The fourth-order valence-electron chi connectivity index (χ4n) is 2.73. The maximum atomic E-state index is 12.6. The molecule has 0 unspecified atom stereocenters. The highest BCUT2D eigenvalue weighted by Gasteiger charge is 2.29. The minimum Gasteiger partial charge on any atom is -0.486 e. The molecule has 0 aromatic carbocycles. The predicted octanol–water partition coefficient (Wildman–Crippen LogP) is 1.22. The van der Waals surface area contributed by atoms with Crippen molar-refractivity contribution in [1.82, 2.24) is 19.9 Å². The number of carbonyl (C=O) groups is 1. The Labute approximate surface area is 140 Å². The van der Waals surface area contributed by atoms with Gasteiger partial charge in [0.2, 0.25) is 0 Å². The quantitative estimate of drug-likeness (QED) is 0.911. The minimum absolute atomic E-state index is 0.144. The molecular weight excluding hydrogens is 308 g/mol. The zero-order valence-corrected chi connectivity index (χ0v) is 13.5. The molecule has 1 fully saturated rings. The van der Waals surface area contributed by atoms with Gasteiger partial charge in [-0.15, -0.1) is 0 Å². The van der Waals surface area contributed by atoms with Crippen LogP contribution in [0.2, 0.25) is 0 Å². The first kappa shape index (κ1) is 16.3. The van der Waals surface area contributed by atoms with Crippen molar-refractivity contribution in [3.05, 3.63) is 48.3 Å². The molecule has 3 rings (SSSR count). The van der Waals surface area contributed by atoms with Crippen molar-refractivity contribution >= 4 is 5.91 Å². The monoisotopic (exact) mass is 328 g/mol. The Bertz CT molecular complexity index is 695. The number of pyridine rings is 1. The summed E-state index contributed by atoms with van der Waals surface area (Å²) in [5, 5.41) is 10.3. The van der Waals surface area contributed by atoms with Crippen LogP contribution in [0.25, 0.3) is 0 Å². The number of aromatic nitrogens is 3. The van der Waals surface area contributed by atoms with Gasteiger partial charge in [-0.2, -0.15) is 0 Å². The number of rotatable bonds is 3. The molecule has 0 aliphatic carbocycles. The van der Waals surface area contributed by atoms with Gasteiger partial charge in [-0.25, -0.2) is 9.97 Å². The van der Waals surface area contributed by atoms with Crippen LogP contribution in [0.5, 0.6) is 5.75 Å². The zero-order chi connectivity index (χ0) is 16.9. The van der Waals surface area contributed by atoms with Gasteiger partial charge in [-0.05, 0) is 31.5 Å². The molecule has 1 amide bonds. The largest absolute Gasteiger partial charge is 0.486 e. The molecule has 126 valence electrons. The fourth-order valence-corrected chi connectivity index (χ4v) is 2.73. The van der Waals surface area contributed by atoms with Gasteiger partial charge < -0.3 is 14.7 Å². The number of aliphatic hydroxyl groups excluding tert-OH is 1. The summed E-state index contributed by atoms with van der Waals surface area (Å²) >= 11 is 0. The second kappa shape index (κ2) is 7.35. The summed E-state index contributed by atoms with van der Waals surface area (Å²) in [6.45, 7) is 2.72. The van der Waals surface area contributed by atoms with Crippen LogP contribution in [0.1, 0.15) is 29.2 Å². The Morgan fingerprint density at radius 1 is 1.29 bits per heavy atom. The van der Waals surface area contributed by atoms with Crippen molar-refractivity contribution in [1.29, 1.82) is 0 Å². The van der Waals surface area contributed by atoms with Crippen molar-refractivity contribution < 1.29 is 14.6 Å². The predicted molar refractivity (Wildman–Crippen MR) is 86.6 cm³/mol. The summed E-state index contributed by atoms with van der Waals surface area (Å²) in [6.07, 6.45) is 4.88. The standard InChI is InChI=1S/C17H20N4O3/c1-12-19-8-4-14(20-12)17(23)21-9-5-15(22)16(6-10-21)24-13-3-2-7-18-11-13/h2-4,7-8,11,15-16,22H,5-6,9-10H2,1H3/t15-,16-/m0/s1. The molecule has 0 saturated carbocycles. The van der Waals surface area contributed by atoms with Crippen LogP contribution in [0.15, 0.2) is 36.8 Å². The van der Waals surface area contributed by atoms with Gasteiger partial charge in [-0.3, -0.25) is 9.78 Å². The van der Waals surface area contributed by atoms with Crippen molar-refractivity contribution in [2.45, 2.75) is 32.0 Å². The van der Waals surface area contributed by atoms with Crippen LogP contribution < -0.4 is 4.74 Å². The summed E-state index contributed by atoms with van der Waals surface area (Å²) in [5.74, 6) is 1.04. The number of amides is 1. The van der Waals surface area contributed by atoms with E-state index in [0.29, 0.717) is 43.2 Å². The van der Waals surface area contributed by atoms with Crippen molar-refractivity contribution in [2.24, 2.45) is 0 Å². The molecule has 7 heteroatoms. The first-order valence-corrected chi connectivity index (χ1v) is 7.97. The smallest absolute Gasteiger partial charge is 0.272 e. The Hall–Kier alpha value is -2.54. The lowest BCUT2D eigenvalue weighted by Crippen LogP contribution is -2.33. The van der Waals surface area contributed by atoms with E-state index in [2.05, 4.69) is 15.0 Å². The number of likely N-dealkylation sites (tertiary alicyclic amines) is 1. The SMILES string of the molecule is Cc1nccc(C(=O)N2CC[C@H](Oc3cccnc3)[C@@H](O)CC2)n1. The number of hydrogen-bond acceptors (Lipinski definition) is 6. The lowest BCUT2D eigenvalue weighted by Gasteiger charge is -2.21. The number of carbonyl (C=O) groups excluding carboxylic acids is 1. The molecule has 1 saturated heterocycles. The Morgan fingerprint density at radius 3 is 2.88 bits per heavy atom. The molecule has 24 heavy (non-hydrogen) atoms. The van der Waals surface area contributed by atoms with E-state index in [1.165, 1.54) is 0 Å². The average Bonchev–Trinajstić information content (AvgIpc) is 2.78. The number of aryl methyl sites for hydroxylation is 1. The van der Waals surface area contributed by atoms with Crippen LogP contribution >= 0.6 is 0 Å². The van der Waals surface area contributed by atoms with E-state index in [-0.39, 0.29) is 12.0 Å². The first-order chi connectivity index (χ1) is 11.6. The molecule has 2 atom stereocenters. The summed E-state index contributed by atoms with van der Waals surface area (Å²) in [6, 6.07) is 5.20. The third-order valence-corrected chi connectivity index (χ3v) is 4.01. The van der Waals surface area contributed by atoms with E-state index in [1.54, 1.807) is 48.6 Å². The zero-order valence-electron chi connectivity index (χ0n) is 13.5. The third-order valence-electron chi connectivity index (χ3n) is 4.01. The molecule has 1 aliphatic heterocycles. The maximum absolute atomic E-state index is 12.6. The Morgan fingerprint density at radius 2 is 2.12 bits per heavy atom. The van der Waals surface area contributed by atoms with Crippen LogP contribution in [-0.2, 0) is 0 Å². The van der Waals surface area contributed by atoms with E-state index in [9.17, 15) is 9.90 Å². The number of ether oxygens (including phenoxy) is 1. The van der Waals surface area contributed by atoms with E-state index >= 15 is 0 Å². The molecular formula is C17H20N4O3. The Kier molecular flexibility index (Phi) is 5.00. The summed E-state index contributed by atoms with van der Waals surface area (Å²) in [5.41, 5.74) is 0.378. The minimum atomic E-state index is -0.629. The molecule has 0 radical (unpaired) electrons. The average molecular weight is 328 g/mol. The van der Waals surface area contributed by atoms with E-state index in [4.69, 9.17) is 4.74 Å². The van der Waals surface area contributed by atoms with Crippen LogP contribution in [-0.4, -0.2) is 56.2 Å². The summed E-state index contributed by atoms with van der Waals surface area (Å²) in [7, 11) is 0. The number of aliphatic hydroxyl groups is 1. The highest BCUT2D eigenvalue weighted by molar-refractivity contribution is 5.92. The van der Waals surface area contributed by atoms with Crippen molar-refractivity contribution in [2.75, 3.05) is 13.1 Å². The maximum Gasteiger partial charge on any atom is 0.272 e. The second-order valence-corrected chi connectivity index (χ2v) is 5.77. The third kappa shape index (κ3) is 3.86. The lowest BCUT2D eigenvalue weighted by molar-refractivity contribution is 0.0348. The van der Waals surface area contributed by atoms with E-state index in [1.807, 2.05) is 0 Å². The van der Waals surface area contributed by atoms with Crippen LogP contribution in [0, 0.1) is 6.92 Å². The molecule has 0 bridgehead atoms. The molecule has 1 aliphatic rings. The highest BCUT2D eigenvalue weighted by Crippen LogP contribution is 2.19. The molecule has 2 aromatic rings. The van der Waals surface area contributed by atoms with Crippen LogP contribution in [0.4, 0.5) is 0 Å². The lowest BCUT2D eigenvalue weighted by atomic mass is 10.1. The van der Waals surface area contributed by atoms with Crippen molar-refractivity contribution in [3.8, 4) is 5.75 Å². The normalized spacial score (nSPS) is 21.2. The molecule has 0 spiro atoms. The van der Waals surface area contributed by atoms with Gasteiger partial charge in [0.15, 0.2) is 0 Å². The Balaban J connectivity index is 1.66. The van der Waals surface area contributed by atoms with Gasteiger partial charge in [-0.1, -0.05) is 0 Å². The topological polar surface area (TPSA) is 88.4 Å². The van der Waals surface area contributed by atoms with Gasteiger partial charge in [0.25, 0.3) is 5.91 Å².